The van der Waals surface area contributed by atoms with Crippen LogP contribution in [0.1, 0.15) is 49.4 Å². The predicted octanol–water partition coefficient (Wildman–Crippen LogP) is 4.56. The molecule has 0 aliphatic carbocycles. The first-order valence-corrected chi connectivity index (χ1v) is 12.0. The van der Waals surface area contributed by atoms with Gasteiger partial charge in [0.15, 0.2) is 0 Å². The number of nitrogens with zero attached hydrogens (tertiary/aromatic N) is 1. The standard InChI is InChI=1S/C22H28ClFN2O4S/c1-13(2)17-11-18(14(3)9-21(17)30-5)15(4)25-22(27)12-26(31(6,28)29)16-7-8-20(24)19(23)10-16/h7-11,13,15H,12H2,1-6H3,(H,25,27)/t15-/m0/s1. The number of carbonyl (C=O) groups excluding carboxylic acids is 1. The number of hydrogen-bond donors (Lipinski definition) is 1. The van der Waals surface area contributed by atoms with E-state index in [1.807, 2.05) is 26.0 Å². The van der Waals surface area contributed by atoms with Gasteiger partial charge >= 0.3 is 0 Å². The molecule has 1 N–H and O–H groups in total. The summed E-state index contributed by atoms with van der Waals surface area (Å²) in [6.45, 7) is 7.40. The van der Waals surface area contributed by atoms with E-state index in [9.17, 15) is 17.6 Å². The molecule has 0 saturated heterocycles. The number of anilines is 1. The van der Waals surface area contributed by atoms with Crippen molar-refractivity contribution in [2.24, 2.45) is 0 Å². The van der Waals surface area contributed by atoms with Crippen LogP contribution in [0.25, 0.3) is 0 Å². The summed E-state index contributed by atoms with van der Waals surface area (Å²) in [5, 5.41) is 2.62. The van der Waals surface area contributed by atoms with E-state index >= 15 is 0 Å². The van der Waals surface area contributed by atoms with Crippen LogP contribution in [-0.4, -0.2) is 34.2 Å². The van der Waals surface area contributed by atoms with Gasteiger partial charge < -0.3 is 10.1 Å². The number of methoxy groups -OCH3 is 1. The van der Waals surface area contributed by atoms with Crippen LogP contribution in [0.4, 0.5) is 10.1 Å². The molecular formula is C22H28ClFN2O4S. The van der Waals surface area contributed by atoms with Gasteiger partial charge in [0.05, 0.1) is 30.1 Å². The molecule has 2 aromatic rings. The molecule has 0 saturated carbocycles. The van der Waals surface area contributed by atoms with Gasteiger partial charge in [0.1, 0.15) is 18.1 Å². The number of nitrogens with one attached hydrogen (secondary N) is 1. The molecule has 0 fully saturated rings. The monoisotopic (exact) mass is 470 g/mol. The topological polar surface area (TPSA) is 75.7 Å². The van der Waals surface area contributed by atoms with E-state index in [1.165, 1.54) is 12.1 Å². The normalized spacial score (nSPS) is 12.5. The Bertz CT molecular complexity index is 1070. The van der Waals surface area contributed by atoms with E-state index in [-0.39, 0.29) is 22.7 Å². The van der Waals surface area contributed by atoms with Crippen LogP contribution in [0, 0.1) is 12.7 Å². The van der Waals surface area contributed by atoms with Gasteiger partial charge in [0.2, 0.25) is 15.9 Å². The van der Waals surface area contributed by atoms with Gasteiger partial charge in [-0.3, -0.25) is 9.10 Å². The Morgan fingerprint density at radius 3 is 2.35 bits per heavy atom. The molecule has 0 radical (unpaired) electrons. The molecule has 0 bridgehead atoms. The molecule has 170 valence electrons. The number of rotatable bonds is 8. The maximum atomic E-state index is 13.5. The van der Waals surface area contributed by atoms with Crippen LogP contribution in [0.2, 0.25) is 5.02 Å². The van der Waals surface area contributed by atoms with Gasteiger partial charge in [-0.2, -0.15) is 0 Å². The Hall–Kier alpha value is -2.32. The van der Waals surface area contributed by atoms with Crippen molar-refractivity contribution in [1.29, 1.82) is 0 Å². The van der Waals surface area contributed by atoms with Crippen molar-refractivity contribution in [3.63, 3.8) is 0 Å². The van der Waals surface area contributed by atoms with E-state index in [0.29, 0.717) is 0 Å². The molecule has 0 aliphatic rings. The van der Waals surface area contributed by atoms with Crippen LogP contribution in [0.3, 0.4) is 0 Å². The molecule has 6 nitrogen and oxygen atoms in total. The lowest BCUT2D eigenvalue weighted by Gasteiger charge is -2.24. The Balaban J connectivity index is 2.27. The number of ether oxygens (including phenoxy) is 1. The first kappa shape index (κ1) is 24.9. The minimum Gasteiger partial charge on any atom is -0.496 e. The van der Waals surface area contributed by atoms with Crippen LogP contribution in [0.5, 0.6) is 5.75 Å². The molecule has 0 spiro atoms. The van der Waals surface area contributed by atoms with Crippen molar-refractivity contribution in [1.82, 2.24) is 5.32 Å². The molecule has 0 aliphatic heterocycles. The van der Waals surface area contributed by atoms with Gasteiger partial charge in [0.25, 0.3) is 0 Å². The second kappa shape index (κ2) is 9.87. The fourth-order valence-corrected chi connectivity index (χ4v) is 4.37. The zero-order chi connectivity index (χ0) is 23.5. The summed E-state index contributed by atoms with van der Waals surface area (Å²) in [5.41, 5.74) is 2.98. The van der Waals surface area contributed by atoms with Crippen molar-refractivity contribution in [3.8, 4) is 5.75 Å². The van der Waals surface area contributed by atoms with Gasteiger partial charge in [-0.15, -0.1) is 0 Å². The molecule has 9 heteroatoms. The Morgan fingerprint density at radius 1 is 1.19 bits per heavy atom. The molecule has 0 aromatic heterocycles. The van der Waals surface area contributed by atoms with Crippen molar-refractivity contribution >= 4 is 33.2 Å². The maximum Gasteiger partial charge on any atom is 0.241 e. The zero-order valence-corrected chi connectivity index (χ0v) is 20.1. The van der Waals surface area contributed by atoms with Gasteiger partial charge in [-0.05, 0) is 66.8 Å². The van der Waals surface area contributed by atoms with Crippen LogP contribution in [-0.2, 0) is 14.8 Å². The number of hydrogen-bond acceptors (Lipinski definition) is 4. The largest absolute Gasteiger partial charge is 0.496 e. The molecule has 2 aromatic carbocycles. The van der Waals surface area contributed by atoms with E-state index < -0.39 is 28.3 Å². The van der Waals surface area contributed by atoms with Crippen LogP contribution >= 0.6 is 11.6 Å². The summed E-state index contributed by atoms with van der Waals surface area (Å²) >= 11 is 5.78. The maximum absolute atomic E-state index is 13.5. The summed E-state index contributed by atoms with van der Waals surface area (Å²) < 4.78 is 44.3. The van der Waals surface area contributed by atoms with Crippen molar-refractivity contribution < 1.29 is 22.3 Å². The van der Waals surface area contributed by atoms with Gasteiger partial charge in [-0.25, -0.2) is 12.8 Å². The quantitative estimate of drug-likeness (QED) is 0.613. The first-order chi connectivity index (χ1) is 14.3. The highest BCUT2D eigenvalue weighted by molar-refractivity contribution is 7.92. The Labute approximate surface area is 188 Å². The minimum atomic E-state index is -3.80. The van der Waals surface area contributed by atoms with Gasteiger partial charge in [0, 0.05) is 0 Å². The van der Waals surface area contributed by atoms with Crippen molar-refractivity contribution in [2.75, 3.05) is 24.2 Å². The SMILES string of the molecule is COc1cc(C)c([C@H](C)NC(=O)CN(c2ccc(F)c(Cl)c2)S(C)(=O)=O)cc1C(C)C. The summed E-state index contributed by atoms with van der Waals surface area (Å²) in [5.74, 6) is -0.167. The third-order valence-electron chi connectivity index (χ3n) is 4.96. The second-order valence-corrected chi connectivity index (χ2v) is 10.1. The highest BCUT2D eigenvalue weighted by atomic mass is 35.5. The first-order valence-electron chi connectivity index (χ1n) is 9.75. The zero-order valence-electron chi connectivity index (χ0n) is 18.5. The molecular weight excluding hydrogens is 443 g/mol. The van der Waals surface area contributed by atoms with Crippen LogP contribution < -0.4 is 14.4 Å². The smallest absolute Gasteiger partial charge is 0.241 e. The number of amides is 1. The Kier molecular flexibility index (Phi) is 7.94. The third-order valence-corrected chi connectivity index (χ3v) is 6.39. The minimum absolute atomic E-state index is 0.111. The molecule has 0 unspecified atom stereocenters. The van der Waals surface area contributed by atoms with Gasteiger partial charge in [-0.1, -0.05) is 25.4 Å². The third kappa shape index (κ3) is 6.11. The molecule has 1 atom stereocenters. The van der Waals surface area contributed by atoms with Crippen molar-refractivity contribution in [2.45, 2.75) is 39.7 Å². The lowest BCUT2D eigenvalue weighted by molar-refractivity contribution is -0.120. The lowest BCUT2D eigenvalue weighted by Crippen LogP contribution is -2.41. The predicted molar refractivity (Wildman–Crippen MR) is 122 cm³/mol. The van der Waals surface area contributed by atoms with Crippen molar-refractivity contribution in [3.05, 3.63) is 57.9 Å². The van der Waals surface area contributed by atoms with E-state index in [1.54, 1.807) is 7.11 Å². The average molecular weight is 471 g/mol. The number of carbonyl (C=O) groups is 1. The van der Waals surface area contributed by atoms with E-state index in [2.05, 4.69) is 19.2 Å². The molecule has 1 amide bonds. The lowest BCUT2D eigenvalue weighted by atomic mass is 9.93. The number of sulfonamides is 1. The average Bonchev–Trinajstić information content (AvgIpc) is 2.66. The highest BCUT2D eigenvalue weighted by Crippen LogP contribution is 2.32. The Morgan fingerprint density at radius 2 is 1.84 bits per heavy atom. The summed E-state index contributed by atoms with van der Waals surface area (Å²) in [6, 6.07) is 7.06. The van der Waals surface area contributed by atoms with E-state index in [0.717, 1.165) is 39.1 Å². The number of benzene rings is 2. The van der Waals surface area contributed by atoms with Crippen LogP contribution in [0.15, 0.2) is 30.3 Å². The highest BCUT2D eigenvalue weighted by Gasteiger charge is 2.23. The molecule has 0 heterocycles. The second-order valence-electron chi connectivity index (χ2n) is 7.76. The van der Waals surface area contributed by atoms with E-state index in [4.69, 9.17) is 16.3 Å². The number of halogens is 2. The number of aryl methyl sites for hydroxylation is 1. The summed E-state index contributed by atoms with van der Waals surface area (Å²) in [7, 11) is -2.19. The fraction of sp³-hybridized carbons (Fsp3) is 0.409. The molecule has 31 heavy (non-hydrogen) atoms. The summed E-state index contributed by atoms with van der Waals surface area (Å²) in [4.78, 5) is 12.7. The fourth-order valence-electron chi connectivity index (χ4n) is 3.35. The molecule has 2 rings (SSSR count). The summed E-state index contributed by atoms with van der Waals surface area (Å²) in [6.07, 6.45) is 0.976.